The molecule has 0 fully saturated rings. The molecule has 0 saturated carbocycles. The van der Waals surface area contributed by atoms with Crippen LogP contribution in [0.4, 0.5) is 0 Å². The molecule has 0 radical (unpaired) electrons. The predicted octanol–water partition coefficient (Wildman–Crippen LogP) is 3.43. The molecule has 1 aromatic carbocycles. The van der Waals surface area contributed by atoms with E-state index >= 15 is 0 Å². The van der Waals surface area contributed by atoms with Gasteiger partial charge in [-0.05, 0) is 24.6 Å². The number of benzene rings is 1. The zero-order valence-corrected chi connectivity index (χ0v) is 13.5. The Morgan fingerprint density at radius 2 is 1.81 bits per heavy atom. The summed E-state index contributed by atoms with van der Waals surface area (Å²) >= 11 is 11.8. The van der Waals surface area contributed by atoms with Gasteiger partial charge in [0.25, 0.3) is 0 Å². The highest BCUT2D eigenvalue weighted by molar-refractivity contribution is 6.42. The van der Waals surface area contributed by atoms with E-state index < -0.39 is 23.6 Å². The zero-order chi connectivity index (χ0) is 16.2. The molecule has 0 bridgehead atoms. The Kier molecular flexibility index (Phi) is 6.37. The topological polar surface area (TPSA) is 60.4 Å². The summed E-state index contributed by atoms with van der Waals surface area (Å²) in [7, 11) is 1.18. The number of methoxy groups -OCH3 is 1. The molecule has 0 saturated heterocycles. The van der Waals surface area contributed by atoms with Gasteiger partial charge in [-0.1, -0.05) is 36.2 Å². The van der Waals surface area contributed by atoms with Crippen LogP contribution in [0.1, 0.15) is 31.7 Å². The molecule has 0 aliphatic carbocycles. The van der Waals surface area contributed by atoms with E-state index in [4.69, 9.17) is 23.2 Å². The molecule has 0 aliphatic heterocycles. The number of ether oxygens (including phenoxy) is 1. The summed E-state index contributed by atoms with van der Waals surface area (Å²) < 4.78 is 4.65. The monoisotopic (exact) mass is 330 g/mol. The molecule has 114 valence electrons. The van der Waals surface area contributed by atoms with Gasteiger partial charge >= 0.3 is 5.97 Å². The molecule has 6 heteroatoms. The van der Waals surface area contributed by atoms with Crippen molar-refractivity contribution in [1.82, 2.24) is 0 Å². The Morgan fingerprint density at radius 3 is 2.24 bits per heavy atom. The van der Waals surface area contributed by atoms with E-state index in [2.05, 4.69) is 4.74 Å². The number of carbonyl (C=O) groups excluding carboxylic acids is 3. The standard InChI is InChI=1S/C15H16Cl2O4/c1-4-12(19)14(13(8(2)18)15(20)21-3)9-5-6-10(16)11(17)7-9/h5-7,13-14H,4H2,1-3H3. The van der Waals surface area contributed by atoms with Crippen LogP contribution in [-0.4, -0.2) is 24.6 Å². The highest BCUT2D eigenvalue weighted by atomic mass is 35.5. The fourth-order valence-corrected chi connectivity index (χ4v) is 2.46. The molecule has 0 heterocycles. The van der Waals surface area contributed by atoms with E-state index in [0.29, 0.717) is 10.6 Å². The molecule has 0 amide bonds. The summed E-state index contributed by atoms with van der Waals surface area (Å²) in [5.74, 6) is -3.51. The lowest BCUT2D eigenvalue weighted by molar-refractivity contribution is -0.151. The van der Waals surface area contributed by atoms with Crippen molar-refractivity contribution in [3.05, 3.63) is 33.8 Å². The molecular weight excluding hydrogens is 315 g/mol. The number of Topliss-reactive ketones (excluding diaryl/α,β-unsaturated/α-hetero) is 2. The van der Waals surface area contributed by atoms with Crippen molar-refractivity contribution in [3.63, 3.8) is 0 Å². The summed E-state index contributed by atoms with van der Waals surface area (Å²) in [6.45, 7) is 2.93. The first kappa shape index (κ1) is 17.7. The van der Waals surface area contributed by atoms with Crippen molar-refractivity contribution in [2.24, 2.45) is 5.92 Å². The Bertz CT molecular complexity index is 569. The first-order valence-corrected chi connectivity index (χ1v) is 7.15. The van der Waals surface area contributed by atoms with Gasteiger partial charge in [0, 0.05) is 6.42 Å². The second kappa shape index (κ2) is 7.57. The number of carbonyl (C=O) groups is 3. The maximum absolute atomic E-state index is 12.2. The highest BCUT2D eigenvalue weighted by Crippen LogP contribution is 2.33. The van der Waals surface area contributed by atoms with E-state index in [-0.39, 0.29) is 17.2 Å². The van der Waals surface area contributed by atoms with E-state index in [1.807, 2.05) is 0 Å². The summed E-state index contributed by atoms with van der Waals surface area (Å²) in [5, 5.41) is 0.593. The predicted molar refractivity (Wildman–Crippen MR) is 80.7 cm³/mol. The molecule has 1 aromatic rings. The second-order valence-electron chi connectivity index (χ2n) is 4.58. The lowest BCUT2D eigenvalue weighted by atomic mass is 9.80. The minimum atomic E-state index is -1.18. The van der Waals surface area contributed by atoms with Crippen molar-refractivity contribution in [1.29, 1.82) is 0 Å². The zero-order valence-electron chi connectivity index (χ0n) is 12.0. The van der Waals surface area contributed by atoms with Crippen molar-refractivity contribution >= 4 is 40.7 Å². The van der Waals surface area contributed by atoms with Crippen LogP contribution in [0.15, 0.2) is 18.2 Å². The van der Waals surface area contributed by atoms with Crippen molar-refractivity contribution in [2.45, 2.75) is 26.2 Å². The van der Waals surface area contributed by atoms with Gasteiger partial charge in [0.1, 0.15) is 17.5 Å². The molecule has 0 spiro atoms. The Balaban J connectivity index is 3.39. The van der Waals surface area contributed by atoms with Gasteiger partial charge in [-0.15, -0.1) is 0 Å². The van der Waals surface area contributed by atoms with Crippen LogP contribution in [0.3, 0.4) is 0 Å². The average molecular weight is 331 g/mol. The summed E-state index contributed by atoms with van der Waals surface area (Å²) in [5.41, 5.74) is 0.474. The van der Waals surface area contributed by atoms with E-state index in [9.17, 15) is 14.4 Å². The van der Waals surface area contributed by atoms with E-state index in [1.54, 1.807) is 13.0 Å². The van der Waals surface area contributed by atoms with Crippen molar-refractivity contribution in [3.8, 4) is 0 Å². The van der Waals surface area contributed by atoms with Crippen molar-refractivity contribution in [2.75, 3.05) is 7.11 Å². The number of ketones is 2. The number of hydrogen-bond acceptors (Lipinski definition) is 4. The molecule has 0 aliphatic rings. The summed E-state index contributed by atoms with van der Waals surface area (Å²) in [6, 6.07) is 4.62. The first-order valence-electron chi connectivity index (χ1n) is 6.39. The molecule has 4 nitrogen and oxygen atoms in total. The Labute approximate surface area is 133 Å². The van der Waals surface area contributed by atoms with E-state index in [1.165, 1.54) is 26.2 Å². The fourth-order valence-electron chi connectivity index (χ4n) is 2.15. The summed E-state index contributed by atoms with van der Waals surface area (Å²) in [6.07, 6.45) is 0.186. The molecular formula is C15H16Cl2O4. The SMILES string of the molecule is CCC(=O)C(c1ccc(Cl)c(Cl)c1)C(C(C)=O)C(=O)OC. The third-order valence-corrected chi connectivity index (χ3v) is 3.96. The smallest absolute Gasteiger partial charge is 0.317 e. The molecule has 2 atom stereocenters. The molecule has 1 rings (SSSR count). The number of hydrogen-bond donors (Lipinski definition) is 0. The number of rotatable bonds is 6. The minimum Gasteiger partial charge on any atom is -0.468 e. The molecule has 2 unspecified atom stereocenters. The third kappa shape index (κ3) is 4.05. The van der Waals surface area contributed by atoms with Gasteiger partial charge in [-0.3, -0.25) is 14.4 Å². The lowest BCUT2D eigenvalue weighted by Crippen LogP contribution is -2.34. The van der Waals surface area contributed by atoms with Crippen LogP contribution in [0.25, 0.3) is 0 Å². The van der Waals surface area contributed by atoms with Crippen LogP contribution >= 0.6 is 23.2 Å². The molecule has 21 heavy (non-hydrogen) atoms. The maximum atomic E-state index is 12.2. The van der Waals surface area contributed by atoms with Gasteiger partial charge in [0.15, 0.2) is 0 Å². The van der Waals surface area contributed by atoms with Gasteiger partial charge in [-0.25, -0.2) is 0 Å². The molecule has 0 aromatic heterocycles. The molecule has 0 N–H and O–H groups in total. The summed E-state index contributed by atoms with van der Waals surface area (Å²) in [4.78, 5) is 35.9. The quantitative estimate of drug-likeness (QED) is 0.592. The lowest BCUT2D eigenvalue weighted by Gasteiger charge is -2.22. The minimum absolute atomic E-state index is 0.186. The van der Waals surface area contributed by atoms with Gasteiger partial charge in [-0.2, -0.15) is 0 Å². The fraction of sp³-hybridized carbons (Fsp3) is 0.400. The number of esters is 1. The second-order valence-corrected chi connectivity index (χ2v) is 5.40. The maximum Gasteiger partial charge on any atom is 0.317 e. The van der Waals surface area contributed by atoms with Crippen LogP contribution in [0.5, 0.6) is 0 Å². The van der Waals surface area contributed by atoms with Crippen LogP contribution in [0.2, 0.25) is 10.0 Å². The normalized spacial score (nSPS) is 13.4. The van der Waals surface area contributed by atoms with Crippen LogP contribution < -0.4 is 0 Å². The van der Waals surface area contributed by atoms with Gasteiger partial charge < -0.3 is 4.74 Å². The number of halogens is 2. The third-order valence-electron chi connectivity index (χ3n) is 3.22. The van der Waals surface area contributed by atoms with Crippen LogP contribution in [0, 0.1) is 5.92 Å². The van der Waals surface area contributed by atoms with E-state index in [0.717, 1.165) is 0 Å². The first-order chi connectivity index (χ1) is 9.83. The van der Waals surface area contributed by atoms with Crippen LogP contribution in [-0.2, 0) is 19.1 Å². The Morgan fingerprint density at radius 1 is 1.19 bits per heavy atom. The largest absolute Gasteiger partial charge is 0.468 e. The van der Waals surface area contributed by atoms with Gasteiger partial charge in [0.2, 0.25) is 0 Å². The Hall–Kier alpha value is -1.39. The van der Waals surface area contributed by atoms with Gasteiger partial charge in [0.05, 0.1) is 23.1 Å². The average Bonchev–Trinajstić information content (AvgIpc) is 2.45. The highest BCUT2D eigenvalue weighted by Gasteiger charge is 2.38. The van der Waals surface area contributed by atoms with Crippen molar-refractivity contribution < 1.29 is 19.1 Å².